The molecule has 0 aliphatic rings. The minimum atomic E-state index is -1.40. The van der Waals surface area contributed by atoms with Crippen molar-refractivity contribution in [2.24, 2.45) is 0 Å². The molecule has 0 spiro atoms. The van der Waals surface area contributed by atoms with E-state index in [4.69, 9.17) is 0 Å². The number of rotatable bonds is 8. The number of carbonyl (C=O) groups excluding carboxylic acids is 2. The van der Waals surface area contributed by atoms with Crippen LogP contribution < -0.4 is 0 Å². The Morgan fingerprint density at radius 2 is 1.15 bits per heavy atom. The quantitative estimate of drug-likeness (QED) is 0.646. The van der Waals surface area contributed by atoms with Gasteiger partial charge in [0.25, 0.3) is 8.73 Å². The van der Waals surface area contributed by atoms with Crippen molar-refractivity contribution >= 4 is 25.7 Å². The fraction of sp³-hybridized carbons (Fsp3) is 0.800. The van der Waals surface area contributed by atoms with Crippen LogP contribution in [-0.2, 0) is 9.59 Å². The molecule has 0 unspecified atom stereocenters. The minimum absolute atomic E-state index is 0.0748. The van der Waals surface area contributed by atoms with Crippen molar-refractivity contribution in [2.75, 3.05) is 13.1 Å². The van der Waals surface area contributed by atoms with E-state index >= 15 is 0 Å². The van der Waals surface area contributed by atoms with Gasteiger partial charge in [-0.1, -0.05) is 26.7 Å². The van der Waals surface area contributed by atoms with Crippen molar-refractivity contribution in [1.82, 2.24) is 9.13 Å². The molecule has 0 fully saturated rings. The molecule has 0 rings (SSSR count). The lowest BCUT2D eigenvalue weighted by molar-refractivity contribution is -0.126. The summed E-state index contributed by atoms with van der Waals surface area (Å²) in [5, 5.41) is 1.40. The Morgan fingerprint density at radius 1 is 0.800 bits per heavy atom. The van der Waals surface area contributed by atoms with Gasteiger partial charge in [0.1, 0.15) is 0 Å². The van der Waals surface area contributed by atoms with Gasteiger partial charge in [-0.15, -0.1) is 0 Å². The molecule has 0 aromatic carbocycles. The largest absolute Gasteiger partial charge is 0.333 e. The van der Waals surface area contributed by atoms with Crippen molar-refractivity contribution in [2.45, 2.75) is 67.2 Å². The lowest BCUT2D eigenvalue weighted by Gasteiger charge is -2.32. The molecule has 0 atom stereocenters. The van der Waals surface area contributed by atoms with Crippen molar-refractivity contribution in [1.29, 1.82) is 0 Å². The molecule has 0 aliphatic carbocycles. The van der Waals surface area contributed by atoms with E-state index in [-0.39, 0.29) is 11.8 Å². The fourth-order valence-electron chi connectivity index (χ4n) is 2.52. The molecule has 0 aromatic heterocycles. The Hall–Kier alpha value is -0.973. The molecule has 2 amide bonds. The smallest absolute Gasteiger partial charge is 0.261 e. The average Bonchev–Trinajstić information content (AvgIpc) is 2.37. The van der Waals surface area contributed by atoms with Crippen molar-refractivity contribution in [3.63, 3.8) is 0 Å². The van der Waals surface area contributed by atoms with E-state index in [1.807, 2.05) is 23.0 Å². The average molecular weight is 299 g/mol. The molecule has 20 heavy (non-hydrogen) atoms. The summed E-state index contributed by atoms with van der Waals surface area (Å²) in [5.74, 6) is 0.150. The maximum absolute atomic E-state index is 12.0. The summed E-state index contributed by atoms with van der Waals surface area (Å²) in [6, 6.07) is 0. The summed E-state index contributed by atoms with van der Waals surface area (Å²) in [6.07, 6.45) is 4.15. The van der Waals surface area contributed by atoms with Crippen LogP contribution in [0, 0.1) is 0 Å². The molecule has 0 radical (unpaired) electrons. The highest BCUT2D eigenvalue weighted by atomic mass is 28.3. The van der Waals surface area contributed by atoms with Crippen LogP contribution in [0.25, 0.3) is 0 Å². The molecule has 4 nitrogen and oxygen atoms in total. The number of carbonyl (C=O) groups is 2. The first-order valence-electron chi connectivity index (χ1n) is 7.72. The lowest BCUT2D eigenvalue weighted by Crippen LogP contribution is -2.54. The van der Waals surface area contributed by atoms with Gasteiger partial charge in [-0.25, -0.2) is 0 Å². The normalized spacial score (nSPS) is 10.1. The Kier molecular flexibility index (Phi) is 9.38. The first kappa shape index (κ1) is 19.0. The first-order valence-corrected chi connectivity index (χ1v) is 9.12. The Labute approximate surface area is 125 Å². The van der Waals surface area contributed by atoms with Gasteiger partial charge in [0.2, 0.25) is 11.8 Å². The van der Waals surface area contributed by atoms with Crippen LogP contribution in [-0.4, -0.2) is 47.9 Å². The van der Waals surface area contributed by atoms with E-state index in [9.17, 15) is 9.59 Å². The number of hydrogen-bond acceptors (Lipinski definition) is 2. The van der Waals surface area contributed by atoms with E-state index in [1.54, 1.807) is 13.8 Å². The summed E-state index contributed by atoms with van der Waals surface area (Å²) in [4.78, 5) is 23.9. The molecule has 0 bridgehead atoms. The predicted molar refractivity (Wildman–Crippen MR) is 86.7 cm³/mol. The Bertz CT molecular complexity index is 335. The van der Waals surface area contributed by atoms with Crippen LogP contribution in [0.4, 0.5) is 0 Å². The zero-order chi connectivity index (χ0) is 15.7. The van der Waals surface area contributed by atoms with Gasteiger partial charge in [-0.05, 0) is 31.9 Å². The summed E-state index contributed by atoms with van der Waals surface area (Å²) < 4.78 is 3.83. The fourth-order valence-corrected chi connectivity index (χ4v) is 5.72. The maximum atomic E-state index is 12.0. The molecule has 0 heterocycles. The number of nitrogens with zero attached hydrogens (tertiary/aromatic N) is 2. The molecule has 5 heteroatoms. The summed E-state index contributed by atoms with van der Waals surface area (Å²) in [6.45, 7) is 12.9. The molecule has 0 saturated carbocycles. The van der Waals surface area contributed by atoms with Crippen LogP contribution >= 0.6 is 0 Å². The SMILES string of the molecule is CCCC(CCC)=[Si](N(CC)C(C)=O)N(CC)C(C)=O. The van der Waals surface area contributed by atoms with E-state index in [0.29, 0.717) is 13.1 Å². The number of amides is 2. The monoisotopic (exact) mass is 298 g/mol. The van der Waals surface area contributed by atoms with Gasteiger partial charge >= 0.3 is 0 Å². The Balaban J connectivity index is 5.90. The molecule has 0 saturated heterocycles. The van der Waals surface area contributed by atoms with Gasteiger partial charge in [0.05, 0.1) is 0 Å². The highest BCUT2D eigenvalue weighted by Gasteiger charge is 2.25. The zero-order valence-corrected chi connectivity index (χ0v) is 15.0. The van der Waals surface area contributed by atoms with Gasteiger partial charge in [0.15, 0.2) is 0 Å². The highest BCUT2D eigenvalue weighted by molar-refractivity contribution is 6.70. The molecular weight excluding hydrogens is 268 g/mol. The van der Waals surface area contributed by atoms with Crippen LogP contribution in [0.15, 0.2) is 0 Å². The highest BCUT2D eigenvalue weighted by Crippen LogP contribution is 2.07. The summed E-state index contributed by atoms with van der Waals surface area (Å²) >= 11 is 0. The maximum Gasteiger partial charge on any atom is 0.261 e. The summed E-state index contributed by atoms with van der Waals surface area (Å²) in [7, 11) is -1.40. The first-order chi connectivity index (χ1) is 9.44. The van der Waals surface area contributed by atoms with Gasteiger partial charge < -0.3 is 9.13 Å². The zero-order valence-electron chi connectivity index (χ0n) is 14.0. The van der Waals surface area contributed by atoms with Crippen LogP contribution in [0.3, 0.4) is 0 Å². The third-order valence-corrected chi connectivity index (χ3v) is 6.74. The topological polar surface area (TPSA) is 40.6 Å². The van der Waals surface area contributed by atoms with Gasteiger partial charge in [-0.3, -0.25) is 9.59 Å². The van der Waals surface area contributed by atoms with Gasteiger partial charge in [0, 0.05) is 26.9 Å². The molecule has 0 aliphatic heterocycles. The minimum Gasteiger partial charge on any atom is -0.333 e. The molecule has 116 valence electrons. The van der Waals surface area contributed by atoms with Crippen molar-refractivity contribution in [3.05, 3.63) is 0 Å². The number of hydrogen-bond donors (Lipinski definition) is 0. The van der Waals surface area contributed by atoms with E-state index < -0.39 is 8.73 Å². The van der Waals surface area contributed by atoms with E-state index in [1.165, 1.54) is 5.17 Å². The van der Waals surface area contributed by atoms with E-state index in [0.717, 1.165) is 25.7 Å². The lowest BCUT2D eigenvalue weighted by atomic mass is 10.2. The van der Waals surface area contributed by atoms with Crippen LogP contribution in [0.5, 0.6) is 0 Å². The predicted octanol–water partition coefficient (Wildman–Crippen LogP) is 2.57. The Morgan fingerprint density at radius 3 is 1.35 bits per heavy atom. The van der Waals surface area contributed by atoms with Crippen molar-refractivity contribution in [3.8, 4) is 0 Å². The van der Waals surface area contributed by atoms with Crippen molar-refractivity contribution < 1.29 is 9.59 Å². The van der Waals surface area contributed by atoms with E-state index in [2.05, 4.69) is 13.8 Å². The standard InChI is InChI=1S/C15H30N2O2Si/c1-7-11-15(12-8-2)20(16(9-3)13(5)18)17(10-4)14(6)19/h7-12H2,1-6H3. The van der Waals surface area contributed by atoms with Crippen LogP contribution in [0.1, 0.15) is 67.2 Å². The second-order valence-electron chi connectivity index (χ2n) is 4.95. The summed E-state index contributed by atoms with van der Waals surface area (Å²) in [5.41, 5.74) is 0. The third-order valence-electron chi connectivity index (χ3n) is 3.32. The molecule has 0 N–H and O–H groups in total. The van der Waals surface area contributed by atoms with Crippen LogP contribution in [0.2, 0.25) is 0 Å². The van der Waals surface area contributed by atoms with Gasteiger partial charge in [-0.2, -0.15) is 0 Å². The third kappa shape index (κ3) is 5.19. The second-order valence-corrected chi connectivity index (χ2v) is 7.39. The second kappa shape index (κ2) is 9.86. The molecular formula is C15H30N2O2Si. The molecule has 0 aromatic rings.